The molecule has 1 atom stereocenters. The van der Waals surface area contributed by atoms with E-state index in [2.05, 4.69) is 15.5 Å². The first-order valence-corrected chi connectivity index (χ1v) is 9.34. The first-order valence-electron chi connectivity index (χ1n) is 9.34. The number of nitrogens with one attached hydrogen (secondary N) is 2. The van der Waals surface area contributed by atoms with Gasteiger partial charge in [-0.1, -0.05) is 30.3 Å². The number of amides is 2. The van der Waals surface area contributed by atoms with Gasteiger partial charge in [0.2, 0.25) is 11.8 Å². The van der Waals surface area contributed by atoms with Gasteiger partial charge in [0.05, 0.1) is 19.7 Å². The van der Waals surface area contributed by atoms with E-state index in [0.29, 0.717) is 31.8 Å². The van der Waals surface area contributed by atoms with Gasteiger partial charge in [-0.25, -0.2) is 9.89 Å². The van der Waals surface area contributed by atoms with Crippen LogP contribution in [-0.4, -0.2) is 57.8 Å². The van der Waals surface area contributed by atoms with E-state index in [4.69, 9.17) is 4.74 Å². The van der Waals surface area contributed by atoms with Gasteiger partial charge in [-0.05, 0) is 18.4 Å². The van der Waals surface area contributed by atoms with Gasteiger partial charge in [0, 0.05) is 20.1 Å². The zero-order chi connectivity index (χ0) is 19.9. The number of methoxy groups -OCH3 is 1. The fourth-order valence-corrected chi connectivity index (χ4v) is 3.31. The molecule has 150 valence electrons. The number of benzene rings is 1. The van der Waals surface area contributed by atoms with Crippen molar-refractivity contribution in [2.24, 2.45) is 0 Å². The van der Waals surface area contributed by atoms with Crippen molar-refractivity contribution in [3.63, 3.8) is 0 Å². The third-order valence-corrected chi connectivity index (χ3v) is 4.81. The van der Waals surface area contributed by atoms with Crippen LogP contribution in [0.25, 0.3) is 0 Å². The minimum Gasteiger partial charge on any atom is -0.383 e. The topological polar surface area (TPSA) is 109 Å². The van der Waals surface area contributed by atoms with Crippen LogP contribution < -0.4 is 11.0 Å². The van der Waals surface area contributed by atoms with Crippen LogP contribution in [0.3, 0.4) is 0 Å². The lowest BCUT2D eigenvalue weighted by atomic mass is 10.1. The monoisotopic (exact) mass is 387 g/mol. The Hall–Kier alpha value is -2.94. The normalized spacial score (nSPS) is 15.9. The second-order valence-electron chi connectivity index (χ2n) is 6.72. The minimum atomic E-state index is -0.746. The fourth-order valence-electron chi connectivity index (χ4n) is 3.31. The second-order valence-corrected chi connectivity index (χ2v) is 6.72. The molecule has 28 heavy (non-hydrogen) atoms. The average molecular weight is 387 g/mol. The number of hydrogen-bond donors (Lipinski definition) is 2. The largest absolute Gasteiger partial charge is 0.383 e. The van der Waals surface area contributed by atoms with Crippen LogP contribution in [0.4, 0.5) is 0 Å². The SMILES string of the molecule is COCCNC(=O)[C@@H]1Cn2c(n[nH]c2=O)CN1C(=O)CCCc1ccccc1. The van der Waals surface area contributed by atoms with E-state index >= 15 is 0 Å². The van der Waals surface area contributed by atoms with Gasteiger partial charge >= 0.3 is 5.69 Å². The van der Waals surface area contributed by atoms with Gasteiger partial charge in [-0.2, -0.15) is 5.10 Å². The fraction of sp³-hybridized carbons (Fsp3) is 0.474. The quantitative estimate of drug-likeness (QED) is 0.623. The van der Waals surface area contributed by atoms with Crippen LogP contribution in [0.15, 0.2) is 35.1 Å². The van der Waals surface area contributed by atoms with Crippen LogP contribution in [-0.2, 0) is 33.8 Å². The summed E-state index contributed by atoms with van der Waals surface area (Å²) < 4.78 is 6.36. The molecule has 0 saturated carbocycles. The molecule has 2 heterocycles. The van der Waals surface area contributed by atoms with Crippen molar-refractivity contribution in [2.45, 2.75) is 38.4 Å². The maximum atomic E-state index is 12.8. The lowest BCUT2D eigenvalue weighted by molar-refractivity contribution is -0.143. The van der Waals surface area contributed by atoms with Gasteiger partial charge in [-0.3, -0.25) is 14.2 Å². The summed E-state index contributed by atoms with van der Waals surface area (Å²) in [5.41, 5.74) is 0.796. The highest BCUT2D eigenvalue weighted by molar-refractivity contribution is 5.87. The van der Waals surface area contributed by atoms with Gasteiger partial charge < -0.3 is 15.0 Å². The number of H-pyrrole nitrogens is 1. The summed E-state index contributed by atoms with van der Waals surface area (Å²) in [7, 11) is 1.55. The molecule has 9 heteroatoms. The average Bonchev–Trinajstić information content (AvgIpc) is 3.08. The number of hydrogen-bond acceptors (Lipinski definition) is 5. The van der Waals surface area contributed by atoms with Crippen molar-refractivity contribution in [1.82, 2.24) is 25.0 Å². The molecule has 0 unspecified atom stereocenters. The number of aryl methyl sites for hydroxylation is 1. The first kappa shape index (κ1) is 19.8. The zero-order valence-corrected chi connectivity index (χ0v) is 15.9. The molecule has 9 nitrogen and oxygen atoms in total. The maximum absolute atomic E-state index is 12.8. The Bertz CT molecular complexity index is 861. The Morgan fingerprint density at radius 3 is 2.86 bits per heavy atom. The number of aromatic nitrogens is 3. The van der Waals surface area contributed by atoms with E-state index in [9.17, 15) is 14.4 Å². The van der Waals surface area contributed by atoms with Crippen LogP contribution in [0.5, 0.6) is 0 Å². The Morgan fingerprint density at radius 2 is 2.11 bits per heavy atom. The molecule has 2 amide bonds. The summed E-state index contributed by atoms with van der Waals surface area (Å²) in [6.07, 6.45) is 1.80. The third kappa shape index (κ3) is 4.66. The van der Waals surface area contributed by atoms with Gasteiger partial charge in [0.15, 0.2) is 5.82 Å². The molecule has 1 aromatic heterocycles. The smallest absolute Gasteiger partial charge is 0.343 e. The van der Waals surface area contributed by atoms with Crippen molar-refractivity contribution in [2.75, 3.05) is 20.3 Å². The van der Waals surface area contributed by atoms with Crippen molar-refractivity contribution in [3.8, 4) is 0 Å². The highest BCUT2D eigenvalue weighted by atomic mass is 16.5. The highest BCUT2D eigenvalue weighted by Gasteiger charge is 2.36. The molecule has 2 N–H and O–H groups in total. The summed E-state index contributed by atoms with van der Waals surface area (Å²) >= 11 is 0. The third-order valence-electron chi connectivity index (χ3n) is 4.81. The van der Waals surface area contributed by atoms with Crippen molar-refractivity contribution in [1.29, 1.82) is 0 Å². The molecule has 1 aliphatic heterocycles. The summed E-state index contributed by atoms with van der Waals surface area (Å²) in [4.78, 5) is 38.9. The molecular weight excluding hydrogens is 362 g/mol. The molecule has 0 aliphatic carbocycles. The Morgan fingerprint density at radius 1 is 1.32 bits per heavy atom. The van der Waals surface area contributed by atoms with Gasteiger partial charge in [0.25, 0.3) is 0 Å². The van der Waals surface area contributed by atoms with Gasteiger partial charge in [-0.15, -0.1) is 0 Å². The van der Waals surface area contributed by atoms with E-state index in [1.165, 1.54) is 15.0 Å². The standard InChI is InChI=1S/C19H25N5O4/c1-28-11-10-20-18(26)15-12-24-16(21-22-19(24)27)13-23(15)17(25)9-5-8-14-6-3-2-4-7-14/h2-4,6-7,15H,5,8-13H2,1H3,(H,20,26)(H,22,27)/t15-/m0/s1. The molecule has 1 aliphatic rings. The molecule has 1 aromatic carbocycles. The Kier molecular flexibility index (Phi) is 6.59. The second kappa shape index (κ2) is 9.32. The molecule has 0 bridgehead atoms. The first-order chi connectivity index (χ1) is 13.6. The minimum absolute atomic E-state index is 0.0912. The number of rotatable bonds is 8. The van der Waals surface area contributed by atoms with Gasteiger partial charge in [0.1, 0.15) is 6.04 Å². The molecule has 0 fully saturated rings. The van der Waals surface area contributed by atoms with E-state index < -0.39 is 6.04 Å². The Labute approximate surface area is 162 Å². The Balaban J connectivity index is 1.66. The molecule has 3 rings (SSSR count). The van der Waals surface area contributed by atoms with Crippen molar-refractivity contribution in [3.05, 3.63) is 52.2 Å². The lowest BCUT2D eigenvalue weighted by Crippen LogP contribution is -2.55. The lowest BCUT2D eigenvalue weighted by Gasteiger charge is -2.34. The highest BCUT2D eigenvalue weighted by Crippen LogP contribution is 2.17. The number of carbonyl (C=O) groups is 2. The van der Waals surface area contributed by atoms with Crippen molar-refractivity contribution < 1.29 is 14.3 Å². The predicted octanol–water partition coefficient (Wildman–Crippen LogP) is 0.0677. The number of nitrogens with zero attached hydrogens (tertiary/aromatic N) is 3. The molecule has 0 saturated heterocycles. The van der Waals surface area contributed by atoms with Crippen LogP contribution >= 0.6 is 0 Å². The van der Waals surface area contributed by atoms with Crippen LogP contribution in [0, 0.1) is 0 Å². The van der Waals surface area contributed by atoms with Crippen LogP contribution in [0.1, 0.15) is 24.2 Å². The summed E-state index contributed by atoms with van der Waals surface area (Å²) in [6, 6.07) is 9.21. The number of aromatic amines is 1. The zero-order valence-electron chi connectivity index (χ0n) is 15.9. The van der Waals surface area contributed by atoms with E-state index in [1.807, 2.05) is 30.3 Å². The van der Waals surface area contributed by atoms with Crippen LogP contribution in [0.2, 0.25) is 0 Å². The molecular formula is C19H25N5O4. The summed E-state index contributed by atoms with van der Waals surface area (Å²) in [5.74, 6) is 0.0408. The van der Waals surface area contributed by atoms with E-state index in [-0.39, 0.29) is 30.6 Å². The summed E-state index contributed by atoms with van der Waals surface area (Å²) in [6.45, 7) is 0.939. The van der Waals surface area contributed by atoms with Crippen molar-refractivity contribution >= 4 is 11.8 Å². The maximum Gasteiger partial charge on any atom is 0.343 e. The molecule has 2 aromatic rings. The predicted molar refractivity (Wildman–Crippen MR) is 101 cm³/mol. The molecule has 0 spiro atoms. The number of carbonyl (C=O) groups excluding carboxylic acids is 2. The van der Waals surface area contributed by atoms with E-state index in [0.717, 1.165) is 6.42 Å². The molecule has 0 radical (unpaired) electrons. The summed E-state index contributed by atoms with van der Waals surface area (Å²) in [5, 5.41) is 9.11. The van der Waals surface area contributed by atoms with E-state index in [1.54, 1.807) is 7.11 Å². The number of fused-ring (bicyclic) bond motifs is 1. The number of ether oxygens (including phenoxy) is 1.